The van der Waals surface area contributed by atoms with Gasteiger partial charge in [0.25, 0.3) is 20.2 Å². The molecular formula is C13H18ClNO9S3. The molecule has 1 rings (SSSR count). The quantitative estimate of drug-likeness (QED) is 0.354. The lowest BCUT2D eigenvalue weighted by atomic mass is 10.2. The van der Waals surface area contributed by atoms with E-state index in [1.54, 1.807) is 0 Å². The van der Waals surface area contributed by atoms with Gasteiger partial charge in [0, 0.05) is 12.3 Å². The molecule has 0 saturated carbocycles. The lowest BCUT2D eigenvalue weighted by Crippen LogP contribution is -2.18. The summed E-state index contributed by atoms with van der Waals surface area (Å²) in [7, 11) is -13.1. The van der Waals surface area contributed by atoms with E-state index in [0.717, 1.165) is 6.07 Å². The Labute approximate surface area is 162 Å². The number of rotatable bonds is 9. The van der Waals surface area contributed by atoms with Gasteiger partial charge >= 0.3 is 0 Å². The molecule has 0 aliphatic heterocycles. The van der Waals surface area contributed by atoms with Gasteiger partial charge in [0.1, 0.15) is 4.90 Å². The highest BCUT2D eigenvalue weighted by Gasteiger charge is 2.24. The van der Waals surface area contributed by atoms with Crippen molar-refractivity contribution in [1.29, 1.82) is 0 Å². The molecule has 0 saturated heterocycles. The monoisotopic (exact) mass is 463 g/mol. The number of amides is 1. The summed E-state index contributed by atoms with van der Waals surface area (Å²) in [6.45, 7) is 1.24. The molecule has 154 valence electrons. The highest BCUT2D eigenvalue weighted by Crippen LogP contribution is 2.28. The highest BCUT2D eigenvalue weighted by molar-refractivity contribution is 7.91. The van der Waals surface area contributed by atoms with Gasteiger partial charge in [0.05, 0.1) is 22.1 Å². The summed E-state index contributed by atoms with van der Waals surface area (Å²) in [6.07, 6.45) is -0.320. The number of aryl methyl sites for hydroxylation is 1. The zero-order valence-electron chi connectivity index (χ0n) is 14.0. The summed E-state index contributed by atoms with van der Waals surface area (Å²) in [6, 6.07) is 1.47. The number of carbonyl (C=O) groups is 1. The van der Waals surface area contributed by atoms with E-state index in [1.807, 2.05) is 0 Å². The van der Waals surface area contributed by atoms with Crippen molar-refractivity contribution in [1.82, 2.24) is 0 Å². The third-order valence-electron chi connectivity index (χ3n) is 3.35. The predicted octanol–water partition coefficient (Wildman–Crippen LogP) is 0.861. The van der Waals surface area contributed by atoms with Crippen LogP contribution in [-0.4, -0.2) is 57.7 Å². The third kappa shape index (κ3) is 7.35. The molecule has 0 aliphatic carbocycles. The van der Waals surface area contributed by atoms with E-state index in [1.165, 1.54) is 6.92 Å². The van der Waals surface area contributed by atoms with Crippen LogP contribution in [0.15, 0.2) is 21.9 Å². The van der Waals surface area contributed by atoms with Crippen molar-refractivity contribution in [2.75, 3.05) is 22.7 Å². The highest BCUT2D eigenvalue weighted by atomic mass is 35.5. The van der Waals surface area contributed by atoms with Crippen molar-refractivity contribution >= 4 is 53.3 Å². The summed E-state index contributed by atoms with van der Waals surface area (Å²) in [5.41, 5.74) is -0.485. The number of carbonyl (C=O) groups excluding carboxylic acids is 1. The van der Waals surface area contributed by atoms with E-state index in [2.05, 4.69) is 5.32 Å². The molecule has 1 amide bonds. The Morgan fingerprint density at radius 3 is 2.04 bits per heavy atom. The Morgan fingerprint density at radius 1 is 1.00 bits per heavy atom. The number of hydrogen-bond donors (Lipinski definition) is 3. The first-order valence-corrected chi connectivity index (χ1v) is 12.6. The third-order valence-corrected chi connectivity index (χ3v) is 7.39. The smallest absolute Gasteiger partial charge is 0.296 e. The van der Waals surface area contributed by atoms with Crippen molar-refractivity contribution in [2.45, 2.75) is 29.6 Å². The first-order valence-electron chi connectivity index (χ1n) is 7.33. The van der Waals surface area contributed by atoms with Crippen molar-refractivity contribution in [3.63, 3.8) is 0 Å². The van der Waals surface area contributed by atoms with Crippen LogP contribution in [-0.2, 0) is 34.9 Å². The normalized spacial score (nSPS) is 12.7. The Bertz CT molecular complexity index is 1030. The average molecular weight is 464 g/mol. The van der Waals surface area contributed by atoms with Crippen LogP contribution >= 0.6 is 11.6 Å². The van der Waals surface area contributed by atoms with Crippen LogP contribution < -0.4 is 5.32 Å². The van der Waals surface area contributed by atoms with Crippen molar-refractivity contribution < 1.29 is 39.2 Å². The molecule has 14 heteroatoms. The fourth-order valence-corrected chi connectivity index (χ4v) is 5.33. The molecule has 0 atom stereocenters. The number of hydrogen-bond acceptors (Lipinski definition) is 7. The van der Waals surface area contributed by atoms with Crippen LogP contribution in [0.5, 0.6) is 0 Å². The van der Waals surface area contributed by atoms with Gasteiger partial charge in [0.2, 0.25) is 5.91 Å². The van der Waals surface area contributed by atoms with Crippen LogP contribution in [0.1, 0.15) is 18.4 Å². The first kappa shape index (κ1) is 23.8. The fraction of sp³-hybridized carbons (Fsp3) is 0.462. The van der Waals surface area contributed by atoms with E-state index in [-0.39, 0.29) is 35.8 Å². The van der Waals surface area contributed by atoms with E-state index < -0.39 is 51.5 Å². The summed E-state index contributed by atoms with van der Waals surface area (Å²) in [5.74, 6) is -1.36. The maximum absolute atomic E-state index is 12.0. The second-order valence-corrected chi connectivity index (χ2v) is 11.0. The molecule has 0 aliphatic rings. The van der Waals surface area contributed by atoms with Crippen LogP contribution in [0.4, 0.5) is 5.69 Å². The number of sulfone groups is 1. The largest absolute Gasteiger partial charge is 0.325 e. The first-order chi connectivity index (χ1) is 12.2. The molecule has 27 heavy (non-hydrogen) atoms. The maximum atomic E-state index is 12.0. The van der Waals surface area contributed by atoms with Gasteiger partial charge in [0.15, 0.2) is 9.84 Å². The minimum atomic E-state index is -4.93. The zero-order chi connectivity index (χ0) is 21.0. The Morgan fingerprint density at radius 2 is 1.56 bits per heavy atom. The maximum Gasteiger partial charge on any atom is 0.296 e. The molecular weight excluding hydrogens is 446 g/mol. The predicted molar refractivity (Wildman–Crippen MR) is 98.0 cm³/mol. The van der Waals surface area contributed by atoms with Crippen LogP contribution in [0.2, 0.25) is 0 Å². The van der Waals surface area contributed by atoms with Gasteiger partial charge in [-0.15, -0.1) is 11.6 Å². The molecule has 10 nitrogen and oxygen atoms in total. The van der Waals surface area contributed by atoms with Gasteiger partial charge < -0.3 is 5.32 Å². The average Bonchev–Trinajstić information content (AvgIpc) is 2.43. The molecule has 1 aromatic carbocycles. The van der Waals surface area contributed by atoms with Gasteiger partial charge in [-0.25, -0.2) is 8.42 Å². The lowest BCUT2D eigenvalue weighted by molar-refractivity contribution is -0.116. The topological polar surface area (TPSA) is 172 Å². The molecule has 0 aromatic heterocycles. The standard InChI is InChI=1S/C13H18ClNO9S3/c1-9-7-10(12(27(22,23)24)8-11(9)26(19,20)21)15-13(16)3-2-5-25(17,18)6-4-14/h7-8H,2-6H2,1H3,(H,15,16)(H,19,20,21)(H,22,23,24). The minimum Gasteiger partial charge on any atom is -0.325 e. The number of alkyl halides is 1. The molecule has 1 aromatic rings. The summed E-state index contributed by atoms with van der Waals surface area (Å²) < 4.78 is 86.9. The van der Waals surface area contributed by atoms with Crippen LogP contribution in [0.3, 0.4) is 0 Å². The molecule has 0 spiro atoms. The molecule has 0 bridgehead atoms. The van der Waals surface area contributed by atoms with Crippen LogP contribution in [0.25, 0.3) is 0 Å². The van der Waals surface area contributed by atoms with Crippen molar-refractivity contribution in [3.8, 4) is 0 Å². The van der Waals surface area contributed by atoms with E-state index in [9.17, 15) is 34.6 Å². The van der Waals surface area contributed by atoms with Gasteiger partial charge in [-0.1, -0.05) is 0 Å². The summed E-state index contributed by atoms with van der Waals surface area (Å²) >= 11 is 5.35. The van der Waals surface area contributed by atoms with Crippen molar-refractivity contribution in [3.05, 3.63) is 17.7 Å². The Hall–Kier alpha value is -1.25. The number of nitrogens with one attached hydrogen (secondary N) is 1. The Kier molecular flexibility index (Phi) is 7.78. The fourth-order valence-electron chi connectivity index (χ4n) is 2.14. The molecule has 0 unspecified atom stereocenters. The van der Waals surface area contributed by atoms with Gasteiger partial charge in [-0.2, -0.15) is 16.8 Å². The molecule has 3 N–H and O–H groups in total. The number of halogens is 1. The van der Waals surface area contributed by atoms with E-state index >= 15 is 0 Å². The lowest BCUT2D eigenvalue weighted by Gasteiger charge is -2.12. The van der Waals surface area contributed by atoms with Gasteiger partial charge in [-0.05, 0) is 31.0 Å². The molecule has 0 heterocycles. The second kappa shape index (κ2) is 8.84. The Balaban J connectivity index is 3.06. The zero-order valence-corrected chi connectivity index (χ0v) is 17.3. The van der Waals surface area contributed by atoms with Crippen molar-refractivity contribution in [2.24, 2.45) is 0 Å². The number of benzene rings is 1. The van der Waals surface area contributed by atoms with E-state index in [4.69, 9.17) is 16.2 Å². The molecule has 0 fully saturated rings. The SMILES string of the molecule is Cc1cc(NC(=O)CCCS(=O)(=O)CCCl)c(S(=O)(=O)O)cc1S(=O)(=O)O. The second-order valence-electron chi connectivity index (χ2n) is 5.56. The summed E-state index contributed by atoms with van der Waals surface area (Å²) in [4.78, 5) is 10.3. The van der Waals surface area contributed by atoms with E-state index in [0.29, 0.717) is 6.07 Å². The minimum absolute atomic E-state index is 0.0473. The number of anilines is 1. The van der Waals surface area contributed by atoms with Gasteiger partial charge in [-0.3, -0.25) is 13.9 Å². The van der Waals surface area contributed by atoms with Crippen LogP contribution in [0, 0.1) is 6.92 Å². The molecule has 0 radical (unpaired) electrons. The summed E-state index contributed by atoms with van der Waals surface area (Å²) in [5, 5.41) is 2.18.